The van der Waals surface area contributed by atoms with Gasteiger partial charge in [-0.3, -0.25) is 4.79 Å². The lowest BCUT2D eigenvalue weighted by Crippen LogP contribution is -2.45. The van der Waals surface area contributed by atoms with E-state index in [4.69, 9.17) is 4.74 Å². The number of phenols is 1. The van der Waals surface area contributed by atoms with Crippen LogP contribution in [-0.4, -0.2) is 29.3 Å². The van der Waals surface area contributed by atoms with E-state index in [1.54, 1.807) is 12.1 Å². The van der Waals surface area contributed by atoms with Crippen molar-refractivity contribution in [1.29, 1.82) is 0 Å². The molecule has 1 fully saturated rings. The van der Waals surface area contributed by atoms with Gasteiger partial charge in [0.15, 0.2) is 0 Å². The molecule has 4 nitrogen and oxygen atoms in total. The van der Waals surface area contributed by atoms with Crippen LogP contribution >= 0.6 is 0 Å². The van der Waals surface area contributed by atoms with E-state index in [0.717, 1.165) is 18.4 Å². The lowest BCUT2D eigenvalue weighted by atomic mass is 9.93. The third-order valence-electron chi connectivity index (χ3n) is 3.49. The normalized spacial score (nSPS) is 21.9. The van der Waals surface area contributed by atoms with Crippen LogP contribution in [0.15, 0.2) is 18.2 Å². The van der Waals surface area contributed by atoms with Crippen LogP contribution in [0.2, 0.25) is 0 Å². The Bertz CT molecular complexity index is 482. The fourth-order valence-corrected chi connectivity index (χ4v) is 2.52. The number of benzene rings is 1. The standard InChI is InChI=1S/C15H21NO3/c1-10-8-12(17)4-5-13(10)14(18)16-11-6-7-19-15(2,3)9-11/h4-5,8,11,17H,6-7,9H2,1-3H3,(H,16,18). The van der Waals surface area contributed by atoms with E-state index in [-0.39, 0.29) is 23.3 Å². The molecule has 2 N–H and O–H groups in total. The summed E-state index contributed by atoms with van der Waals surface area (Å²) in [5.41, 5.74) is 1.21. The molecule has 0 aliphatic carbocycles. The highest BCUT2D eigenvalue weighted by Crippen LogP contribution is 2.24. The number of nitrogens with one attached hydrogen (secondary N) is 1. The van der Waals surface area contributed by atoms with Gasteiger partial charge in [-0.15, -0.1) is 0 Å². The van der Waals surface area contributed by atoms with Crippen LogP contribution in [0.25, 0.3) is 0 Å². The van der Waals surface area contributed by atoms with Gasteiger partial charge in [-0.2, -0.15) is 0 Å². The summed E-state index contributed by atoms with van der Waals surface area (Å²) in [4.78, 5) is 12.2. The third kappa shape index (κ3) is 3.47. The quantitative estimate of drug-likeness (QED) is 0.861. The number of rotatable bonds is 2. The number of carbonyl (C=O) groups excluding carboxylic acids is 1. The summed E-state index contributed by atoms with van der Waals surface area (Å²) in [6, 6.07) is 4.94. The Balaban J connectivity index is 2.04. The molecule has 1 aromatic carbocycles. The van der Waals surface area contributed by atoms with Gasteiger partial charge in [0.05, 0.1) is 5.60 Å². The summed E-state index contributed by atoms with van der Waals surface area (Å²) in [5, 5.41) is 12.4. The van der Waals surface area contributed by atoms with Crippen molar-refractivity contribution in [3.05, 3.63) is 29.3 Å². The average molecular weight is 263 g/mol. The number of aromatic hydroxyl groups is 1. The summed E-state index contributed by atoms with van der Waals surface area (Å²) in [6.07, 6.45) is 1.65. The molecule has 0 spiro atoms. The van der Waals surface area contributed by atoms with Gasteiger partial charge in [0, 0.05) is 18.2 Å². The second-order valence-electron chi connectivity index (χ2n) is 5.77. The van der Waals surface area contributed by atoms with E-state index in [2.05, 4.69) is 5.32 Å². The fourth-order valence-electron chi connectivity index (χ4n) is 2.52. The molecular weight excluding hydrogens is 242 g/mol. The number of amides is 1. The second kappa shape index (κ2) is 5.21. The Morgan fingerprint density at radius 1 is 1.47 bits per heavy atom. The molecule has 0 saturated carbocycles. The first-order valence-electron chi connectivity index (χ1n) is 6.62. The lowest BCUT2D eigenvalue weighted by Gasteiger charge is -2.35. The maximum Gasteiger partial charge on any atom is 0.251 e. The highest BCUT2D eigenvalue weighted by atomic mass is 16.5. The van der Waals surface area contributed by atoms with Crippen molar-refractivity contribution in [1.82, 2.24) is 5.32 Å². The van der Waals surface area contributed by atoms with Gasteiger partial charge in [-0.1, -0.05) is 0 Å². The van der Waals surface area contributed by atoms with Crippen LogP contribution in [0.3, 0.4) is 0 Å². The number of carbonyl (C=O) groups is 1. The smallest absolute Gasteiger partial charge is 0.251 e. The van der Waals surface area contributed by atoms with Crippen LogP contribution in [0, 0.1) is 6.92 Å². The van der Waals surface area contributed by atoms with Crippen LogP contribution in [0.1, 0.15) is 42.6 Å². The minimum atomic E-state index is -0.180. The Labute approximate surface area is 113 Å². The molecule has 4 heteroatoms. The average Bonchev–Trinajstić information content (AvgIpc) is 2.27. The number of ether oxygens (including phenoxy) is 1. The van der Waals surface area contributed by atoms with Crippen molar-refractivity contribution in [2.75, 3.05) is 6.61 Å². The van der Waals surface area contributed by atoms with Crippen molar-refractivity contribution in [2.24, 2.45) is 0 Å². The SMILES string of the molecule is Cc1cc(O)ccc1C(=O)NC1CCOC(C)(C)C1. The topological polar surface area (TPSA) is 58.6 Å². The van der Waals surface area contributed by atoms with E-state index < -0.39 is 0 Å². The molecule has 1 heterocycles. The fraction of sp³-hybridized carbons (Fsp3) is 0.533. The van der Waals surface area contributed by atoms with Gasteiger partial charge in [0.25, 0.3) is 5.91 Å². The number of phenolic OH excluding ortho intramolecular Hbond substituents is 1. The number of aryl methyl sites for hydroxylation is 1. The van der Waals surface area contributed by atoms with E-state index in [9.17, 15) is 9.90 Å². The maximum atomic E-state index is 12.2. The highest BCUT2D eigenvalue weighted by Gasteiger charge is 2.29. The van der Waals surface area contributed by atoms with E-state index in [0.29, 0.717) is 12.2 Å². The predicted octanol–water partition coefficient (Wildman–Crippen LogP) is 2.39. The van der Waals surface area contributed by atoms with Crippen LogP contribution in [0.5, 0.6) is 5.75 Å². The monoisotopic (exact) mass is 263 g/mol. The van der Waals surface area contributed by atoms with Crippen molar-refractivity contribution in [3.63, 3.8) is 0 Å². The summed E-state index contributed by atoms with van der Waals surface area (Å²) < 4.78 is 5.64. The number of hydrogen-bond acceptors (Lipinski definition) is 3. The van der Waals surface area contributed by atoms with Crippen molar-refractivity contribution in [2.45, 2.75) is 45.3 Å². The largest absolute Gasteiger partial charge is 0.508 e. The molecule has 1 aliphatic rings. The zero-order valence-electron chi connectivity index (χ0n) is 11.7. The summed E-state index contributed by atoms with van der Waals surface area (Å²) in [6.45, 7) is 6.57. The Hall–Kier alpha value is -1.55. The molecule has 0 aromatic heterocycles. The molecule has 1 atom stereocenters. The van der Waals surface area contributed by atoms with Gasteiger partial charge in [-0.05, 0) is 57.4 Å². The predicted molar refractivity (Wildman–Crippen MR) is 73.4 cm³/mol. The Kier molecular flexibility index (Phi) is 3.80. The van der Waals surface area contributed by atoms with Crippen molar-refractivity contribution >= 4 is 5.91 Å². The zero-order chi connectivity index (χ0) is 14.0. The van der Waals surface area contributed by atoms with Crippen LogP contribution in [-0.2, 0) is 4.74 Å². The van der Waals surface area contributed by atoms with Gasteiger partial charge in [0.2, 0.25) is 0 Å². The van der Waals surface area contributed by atoms with Crippen molar-refractivity contribution < 1.29 is 14.6 Å². The maximum absolute atomic E-state index is 12.2. The molecule has 1 unspecified atom stereocenters. The highest BCUT2D eigenvalue weighted by molar-refractivity contribution is 5.96. The zero-order valence-corrected chi connectivity index (χ0v) is 11.7. The second-order valence-corrected chi connectivity index (χ2v) is 5.77. The molecular formula is C15H21NO3. The first kappa shape index (κ1) is 13.9. The van der Waals surface area contributed by atoms with Crippen LogP contribution < -0.4 is 5.32 Å². The molecule has 1 aromatic rings. The molecule has 2 rings (SSSR count). The minimum Gasteiger partial charge on any atom is -0.508 e. The molecule has 1 saturated heterocycles. The molecule has 1 amide bonds. The minimum absolute atomic E-state index is 0.0831. The first-order valence-corrected chi connectivity index (χ1v) is 6.62. The lowest BCUT2D eigenvalue weighted by molar-refractivity contribution is -0.0615. The Morgan fingerprint density at radius 3 is 2.84 bits per heavy atom. The molecule has 104 valence electrons. The van der Waals surface area contributed by atoms with Gasteiger partial charge in [-0.25, -0.2) is 0 Å². The van der Waals surface area contributed by atoms with Gasteiger partial charge >= 0.3 is 0 Å². The first-order chi connectivity index (χ1) is 8.87. The molecule has 0 bridgehead atoms. The summed E-state index contributed by atoms with van der Waals surface area (Å²) >= 11 is 0. The Morgan fingerprint density at radius 2 is 2.21 bits per heavy atom. The van der Waals surface area contributed by atoms with Crippen LogP contribution in [0.4, 0.5) is 0 Å². The van der Waals surface area contributed by atoms with E-state index >= 15 is 0 Å². The van der Waals surface area contributed by atoms with E-state index in [1.807, 2.05) is 20.8 Å². The summed E-state index contributed by atoms with van der Waals surface area (Å²) in [7, 11) is 0. The van der Waals surface area contributed by atoms with Gasteiger partial charge in [0.1, 0.15) is 5.75 Å². The van der Waals surface area contributed by atoms with Crippen molar-refractivity contribution in [3.8, 4) is 5.75 Å². The van der Waals surface area contributed by atoms with Gasteiger partial charge < -0.3 is 15.2 Å². The van der Waals surface area contributed by atoms with E-state index in [1.165, 1.54) is 6.07 Å². The molecule has 0 radical (unpaired) electrons. The summed E-state index contributed by atoms with van der Waals surface area (Å²) in [5.74, 6) is 0.0986. The third-order valence-corrected chi connectivity index (χ3v) is 3.49. The number of hydrogen-bond donors (Lipinski definition) is 2. The molecule has 1 aliphatic heterocycles. The molecule has 19 heavy (non-hydrogen) atoms.